The predicted octanol–water partition coefficient (Wildman–Crippen LogP) is 0.128. The number of carboxylic acid groups (broad SMARTS) is 1. The first-order chi connectivity index (χ1) is 3.85. The molecule has 0 aromatic heterocycles. The van der Waals surface area contributed by atoms with Crippen LogP contribution in [0.2, 0.25) is 0 Å². The quantitative estimate of drug-likeness (QED) is 0.575. The molecule has 0 aliphatic rings. The summed E-state index contributed by atoms with van der Waals surface area (Å²) in [6.07, 6.45) is 0. The standard InChI is InChI=1S/C4H9O3PS/c1-8(2,9)4(7)3(5)6/h4,7H,1-2H3,(H,5,6). The first kappa shape index (κ1) is 9.08. The molecule has 54 valence electrons. The van der Waals surface area contributed by atoms with Gasteiger partial charge in [0.1, 0.15) is 0 Å². The lowest BCUT2D eigenvalue weighted by molar-refractivity contribution is -0.142. The lowest BCUT2D eigenvalue weighted by Gasteiger charge is -2.12. The monoisotopic (exact) mass is 168 g/mol. The molecule has 0 bridgehead atoms. The van der Waals surface area contributed by atoms with Gasteiger partial charge in [-0.15, -0.1) is 0 Å². The summed E-state index contributed by atoms with van der Waals surface area (Å²) in [6, 6.07) is -2.02. The van der Waals surface area contributed by atoms with Gasteiger partial charge in [-0.3, -0.25) is 0 Å². The summed E-state index contributed by atoms with van der Waals surface area (Å²) in [4.78, 5) is 10.1. The van der Waals surface area contributed by atoms with E-state index in [0.29, 0.717) is 0 Å². The first-order valence-corrected chi connectivity index (χ1v) is 6.08. The first-order valence-electron chi connectivity index (χ1n) is 2.31. The van der Waals surface area contributed by atoms with E-state index in [-0.39, 0.29) is 0 Å². The summed E-state index contributed by atoms with van der Waals surface area (Å²) < 4.78 is 0. The highest BCUT2D eigenvalue weighted by molar-refractivity contribution is 8.14. The van der Waals surface area contributed by atoms with Crippen LogP contribution in [0.1, 0.15) is 0 Å². The highest BCUT2D eigenvalue weighted by Crippen LogP contribution is 2.41. The molecule has 0 saturated carbocycles. The van der Waals surface area contributed by atoms with Gasteiger partial charge in [0.05, 0.1) is 0 Å². The van der Waals surface area contributed by atoms with Crippen LogP contribution < -0.4 is 0 Å². The van der Waals surface area contributed by atoms with E-state index in [1.165, 1.54) is 0 Å². The molecule has 0 aromatic rings. The number of aliphatic hydroxyl groups is 1. The molecule has 0 fully saturated rings. The Hall–Kier alpha value is 0.0800. The van der Waals surface area contributed by atoms with Crippen LogP contribution in [0.3, 0.4) is 0 Å². The van der Waals surface area contributed by atoms with Crippen LogP contribution in [0.4, 0.5) is 0 Å². The van der Waals surface area contributed by atoms with E-state index in [0.717, 1.165) is 0 Å². The molecule has 0 aromatic carbocycles. The molecule has 0 amide bonds. The zero-order valence-corrected chi connectivity index (χ0v) is 6.95. The third kappa shape index (κ3) is 2.94. The topological polar surface area (TPSA) is 57.5 Å². The number of aliphatic hydroxyl groups excluding tert-OH is 1. The second kappa shape index (κ2) is 2.78. The molecule has 9 heavy (non-hydrogen) atoms. The van der Waals surface area contributed by atoms with Crippen LogP contribution in [-0.2, 0) is 16.6 Å². The van der Waals surface area contributed by atoms with Crippen molar-refractivity contribution in [2.45, 2.75) is 5.85 Å². The molecule has 0 saturated heterocycles. The minimum absolute atomic E-state index is 1.22. The SMILES string of the molecule is CP(C)(=S)C(O)C(=O)O. The summed E-state index contributed by atoms with van der Waals surface area (Å²) in [5.74, 6) is -2.56. The number of carboxylic acids is 1. The number of aliphatic carboxylic acids is 1. The molecule has 0 spiro atoms. The Kier molecular flexibility index (Phi) is 2.80. The summed E-state index contributed by atoms with van der Waals surface area (Å²) in [5.41, 5.74) is 0. The molecular weight excluding hydrogens is 159 g/mol. The molecule has 2 N–H and O–H groups in total. The molecular formula is C4H9O3PS. The molecule has 0 aliphatic carbocycles. The van der Waals surface area contributed by atoms with Gasteiger partial charge in [0, 0.05) is 0 Å². The van der Waals surface area contributed by atoms with E-state index in [1.54, 1.807) is 13.3 Å². The highest BCUT2D eigenvalue weighted by Gasteiger charge is 2.22. The summed E-state index contributed by atoms with van der Waals surface area (Å²) in [7, 11) is 0. The molecule has 1 unspecified atom stereocenters. The van der Waals surface area contributed by atoms with Crippen molar-refractivity contribution < 1.29 is 15.0 Å². The van der Waals surface area contributed by atoms with Crippen molar-refractivity contribution in [1.82, 2.24) is 0 Å². The average molecular weight is 168 g/mol. The Balaban J connectivity index is 4.23. The fourth-order valence-electron chi connectivity index (χ4n) is 0.266. The molecule has 5 heteroatoms. The van der Waals surface area contributed by atoms with E-state index < -0.39 is 17.9 Å². The van der Waals surface area contributed by atoms with Gasteiger partial charge < -0.3 is 10.2 Å². The maximum absolute atomic E-state index is 10.1. The van der Waals surface area contributed by atoms with Gasteiger partial charge in [-0.05, 0) is 19.4 Å². The average Bonchev–Trinajstić information content (AvgIpc) is 1.62. The third-order valence-electron chi connectivity index (χ3n) is 0.810. The highest BCUT2D eigenvalue weighted by atomic mass is 32.4. The van der Waals surface area contributed by atoms with Crippen molar-refractivity contribution >= 4 is 23.8 Å². The number of hydrogen-bond acceptors (Lipinski definition) is 3. The van der Waals surface area contributed by atoms with Gasteiger partial charge in [-0.25, -0.2) is 4.79 Å². The molecule has 0 aliphatic heterocycles. The largest absolute Gasteiger partial charge is 0.479 e. The van der Waals surface area contributed by atoms with Crippen LogP contribution in [0.5, 0.6) is 0 Å². The molecule has 1 atom stereocenters. The van der Waals surface area contributed by atoms with Crippen LogP contribution in [-0.4, -0.2) is 35.4 Å². The second-order valence-electron chi connectivity index (χ2n) is 2.15. The Bertz CT molecular complexity index is 161. The zero-order valence-electron chi connectivity index (χ0n) is 5.24. The van der Waals surface area contributed by atoms with Crippen molar-refractivity contribution in [2.24, 2.45) is 0 Å². The van der Waals surface area contributed by atoms with Crippen molar-refractivity contribution in [3.8, 4) is 0 Å². The van der Waals surface area contributed by atoms with Crippen molar-refractivity contribution in [3.63, 3.8) is 0 Å². The lowest BCUT2D eigenvalue weighted by Crippen LogP contribution is -2.18. The van der Waals surface area contributed by atoms with Gasteiger partial charge in [0.15, 0.2) is 5.85 Å². The van der Waals surface area contributed by atoms with E-state index in [2.05, 4.69) is 0 Å². The van der Waals surface area contributed by atoms with Gasteiger partial charge in [0.25, 0.3) is 0 Å². The van der Waals surface area contributed by atoms with E-state index >= 15 is 0 Å². The van der Waals surface area contributed by atoms with Crippen molar-refractivity contribution in [2.75, 3.05) is 13.3 Å². The van der Waals surface area contributed by atoms with Gasteiger partial charge >= 0.3 is 5.97 Å². The van der Waals surface area contributed by atoms with Crippen LogP contribution in [0, 0.1) is 0 Å². The van der Waals surface area contributed by atoms with Crippen molar-refractivity contribution in [3.05, 3.63) is 0 Å². The minimum Gasteiger partial charge on any atom is -0.479 e. The normalized spacial score (nSPS) is 15.0. The molecule has 3 nitrogen and oxygen atoms in total. The summed E-state index contributed by atoms with van der Waals surface area (Å²) in [6.45, 7) is 3.20. The Morgan fingerprint density at radius 3 is 2.00 bits per heavy atom. The maximum Gasteiger partial charge on any atom is 0.337 e. The fourth-order valence-corrected chi connectivity index (χ4v) is 1.07. The third-order valence-corrected chi connectivity index (χ3v) is 2.81. The fraction of sp³-hybridized carbons (Fsp3) is 0.750. The van der Waals surface area contributed by atoms with E-state index in [9.17, 15) is 4.79 Å². The predicted molar refractivity (Wildman–Crippen MR) is 39.8 cm³/mol. The minimum atomic E-state index is -2.02. The Morgan fingerprint density at radius 1 is 1.67 bits per heavy atom. The van der Waals surface area contributed by atoms with Crippen molar-refractivity contribution in [1.29, 1.82) is 0 Å². The lowest BCUT2D eigenvalue weighted by atomic mass is 10.7. The Morgan fingerprint density at radius 2 is 2.00 bits per heavy atom. The number of carbonyl (C=O) groups is 1. The van der Waals surface area contributed by atoms with Gasteiger partial charge in [-0.2, -0.15) is 0 Å². The summed E-state index contributed by atoms with van der Waals surface area (Å²) in [5, 5.41) is 17.0. The molecule has 0 heterocycles. The van der Waals surface area contributed by atoms with Gasteiger partial charge in [0.2, 0.25) is 0 Å². The molecule has 0 radical (unpaired) electrons. The van der Waals surface area contributed by atoms with E-state index in [1.807, 2.05) is 0 Å². The Labute approximate surface area is 58.7 Å². The van der Waals surface area contributed by atoms with Crippen LogP contribution in [0.15, 0.2) is 0 Å². The molecule has 0 rings (SSSR count). The maximum atomic E-state index is 10.1. The number of rotatable bonds is 2. The zero-order chi connectivity index (χ0) is 7.65. The van der Waals surface area contributed by atoms with Crippen LogP contribution in [0.25, 0.3) is 0 Å². The number of hydrogen-bond donors (Lipinski definition) is 2. The summed E-state index contributed by atoms with van der Waals surface area (Å²) >= 11 is 4.76. The smallest absolute Gasteiger partial charge is 0.337 e. The van der Waals surface area contributed by atoms with E-state index in [4.69, 9.17) is 22.0 Å². The van der Waals surface area contributed by atoms with Crippen LogP contribution >= 0.6 is 6.04 Å². The van der Waals surface area contributed by atoms with Gasteiger partial charge in [-0.1, -0.05) is 11.8 Å². The second-order valence-corrected chi connectivity index (χ2v) is 8.33.